The summed E-state index contributed by atoms with van der Waals surface area (Å²) in [5.41, 5.74) is 3.36. The molecule has 1 aliphatic heterocycles. The largest absolute Gasteiger partial charge is 0.379 e. The number of fused-ring (bicyclic) bond motifs is 1. The van der Waals surface area contributed by atoms with Crippen molar-refractivity contribution in [2.24, 2.45) is 0 Å². The second kappa shape index (κ2) is 5.13. The Morgan fingerprint density at radius 2 is 2.33 bits per heavy atom. The number of aromatic nitrogens is 2. The zero-order valence-electron chi connectivity index (χ0n) is 11.7. The first-order valence-electron chi connectivity index (χ1n) is 7.03. The van der Waals surface area contributed by atoms with Crippen molar-refractivity contribution in [3.63, 3.8) is 0 Å². The number of nitrogens with zero attached hydrogens (tertiary/aromatic N) is 2. The molecule has 0 bridgehead atoms. The van der Waals surface area contributed by atoms with Gasteiger partial charge in [0.05, 0.1) is 17.7 Å². The first-order valence-corrected chi connectivity index (χ1v) is 8.28. The molecule has 1 fully saturated rings. The molecule has 2 aromatic heterocycles. The van der Waals surface area contributed by atoms with Gasteiger partial charge in [-0.05, 0) is 31.5 Å². The molecular weight excluding hydrogens is 304 g/mol. The molecule has 21 heavy (non-hydrogen) atoms. The van der Waals surface area contributed by atoms with Crippen LogP contribution in [0.3, 0.4) is 0 Å². The Hall–Kier alpha value is -1.36. The quantitative estimate of drug-likeness (QED) is 0.685. The van der Waals surface area contributed by atoms with Crippen LogP contribution in [0.5, 0.6) is 0 Å². The molecule has 0 spiro atoms. The SMILES string of the molecule is Cc1csc(-c2ccc3c(c2)c(Cl)cn3C2CCOC2)n1. The van der Waals surface area contributed by atoms with Crippen molar-refractivity contribution in [1.82, 2.24) is 9.55 Å². The lowest BCUT2D eigenvalue weighted by molar-refractivity contribution is 0.187. The Balaban J connectivity index is 1.83. The normalized spacial score (nSPS) is 18.7. The third-order valence-electron chi connectivity index (χ3n) is 3.95. The molecule has 1 aromatic carbocycles. The average molecular weight is 319 g/mol. The van der Waals surface area contributed by atoms with Crippen molar-refractivity contribution in [3.8, 4) is 10.6 Å². The van der Waals surface area contributed by atoms with E-state index in [1.807, 2.05) is 13.1 Å². The van der Waals surface area contributed by atoms with Gasteiger partial charge in [-0.15, -0.1) is 11.3 Å². The van der Waals surface area contributed by atoms with Crippen molar-refractivity contribution in [2.45, 2.75) is 19.4 Å². The van der Waals surface area contributed by atoms with Gasteiger partial charge < -0.3 is 9.30 Å². The minimum absolute atomic E-state index is 0.396. The number of aryl methyl sites for hydroxylation is 1. The molecule has 0 aliphatic carbocycles. The Kier molecular flexibility index (Phi) is 3.25. The highest BCUT2D eigenvalue weighted by atomic mass is 35.5. The minimum atomic E-state index is 0.396. The molecule has 108 valence electrons. The summed E-state index contributed by atoms with van der Waals surface area (Å²) in [6.07, 6.45) is 3.08. The first-order chi connectivity index (χ1) is 10.2. The monoisotopic (exact) mass is 318 g/mol. The van der Waals surface area contributed by atoms with E-state index in [0.717, 1.165) is 46.3 Å². The van der Waals surface area contributed by atoms with E-state index >= 15 is 0 Å². The highest BCUT2D eigenvalue weighted by Crippen LogP contribution is 2.34. The molecular formula is C16H15ClN2OS. The summed E-state index contributed by atoms with van der Waals surface area (Å²) in [7, 11) is 0. The predicted octanol–water partition coefficient (Wildman–Crippen LogP) is 4.69. The van der Waals surface area contributed by atoms with Crippen LogP contribution in [0.1, 0.15) is 18.2 Å². The second-order valence-electron chi connectivity index (χ2n) is 5.43. The van der Waals surface area contributed by atoms with Gasteiger partial charge >= 0.3 is 0 Å². The molecule has 1 atom stereocenters. The number of ether oxygens (including phenoxy) is 1. The van der Waals surface area contributed by atoms with Crippen LogP contribution in [-0.4, -0.2) is 22.8 Å². The number of rotatable bonds is 2. The summed E-state index contributed by atoms with van der Waals surface area (Å²) in [4.78, 5) is 4.55. The number of halogens is 1. The predicted molar refractivity (Wildman–Crippen MR) is 87.3 cm³/mol. The average Bonchev–Trinajstić information content (AvgIpc) is 3.19. The molecule has 1 aliphatic rings. The number of hydrogen-bond donors (Lipinski definition) is 0. The maximum Gasteiger partial charge on any atom is 0.123 e. The molecule has 0 amide bonds. The van der Waals surface area contributed by atoms with Crippen LogP contribution < -0.4 is 0 Å². The van der Waals surface area contributed by atoms with Crippen LogP contribution in [0.15, 0.2) is 29.8 Å². The number of benzene rings is 1. The summed E-state index contributed by atoms with van der Waals surface area (Å²) in [5.74, 6) is 0. The number of hydrogen-bond acceptors (Lipinski definition) is 3. The summed E-state index contributed by atoms with van der Waals surface area (Å²) >= 11 is 8.11. The molecule has 3 heterocycles. The van der Waals surface area contributed by atoms with E-state index in [4.69, 9.17) is 16.3 Å². The fourth-order valence-corrected chi connectivity index (χ4v) is 3.93. The van der Waals surface area contributed by atoms with E-state index in [2.05, 4.69) is 33.1 Å². The Morgan fingerprint density at radius 1 is 1.43 bits per heavy atom. The molecule has 3 aromatic rings. The molecule has 1 unspecified atom stereocenters. The molecule has 0 radical (unpaired) electrons. The Bertz CT molecular complexity index is 802. The van der Waals surface area contributed by atoms with Gasteiger partial charge in [0.15, 0.2) is 0 Å². The Morgan fingerprint density at radius 3 is 3.05 bits per heavy atom. The summed E-state index contributed by atoms with van der Waals surface area (Å²) in [6.45, 7) is 3.62. The van der Waals surface area contributed by atoms with Crippen molar-refractivity contribution >= 4 is 33.8 Å². The molecule has 5 heteroatoms. The summed E-state index contributed by atoms with van der Waals surface area (Å²) in [6, 6.07) is 6.81. The molecule has 0 saturated carbocycles. The Labute approximate surface area is 132 Å². The maximum absolute atomic E-state index is 6.44. The summed E-state index contributed by atoms with van der Waals surface area (Å²) < 4.78 is 7.74. The molecule has 1 saturated heterocycles. The smallest absolute Gasteiger partial charge is 0.123 e. The van der Waals surface area contributed by atoms with Crippen molar-refractivity contribution < 1.29 is 4.74 Å². The van der Waals surface area contributed by atoms with Gasteiger partial charge in [0.2, 0.25) is 0 Å². The fraction of sp³-hybridized carbons (Fsp3) is 0.312. The lowest BCUT2D eigenvalue weighted by Gasteiger charge is -2.11. The van der Waals surface area contributed by atoms with Gasteiger partial charge in [0.25, 0.3) is 0 Å². The van der Waals surface area contributed by atoms with Crippen LogP contribution in [0.25, 0.3) is 21.5 Å². The van der Waals surface area contributed by atoms with Crippen LogP contribution in [0, 0.1) is 6.92 Å². The summed E-state index contributed by atoms with van der Waals surface area (Å²) in [5, 5.41) is 5.01. The van der Waals surface area contributed by atoms with Gasteiger partial charge in [-0.25, -0.2) is 4.98 Å². The third kappa shape index (κ3) is 2.27. The van der Waals surface area contributed by atoms with Crippen molar-refractivity contribution in [3.05, 3.63) is 40.5 Å². The zero-order valence-corrected chi connectivity index (χ0v) is 13.2. The van der Waals surface area contributed by atoms with Gasteiger partial charge in [-0.2, -0.15) is 0 Å². The zero-order chi connectivity index (χ0) is 14.4. The maximum atomic E-state index is 6.44. The van der Waals surface area contributed by atoms with E-state index < -0.39 is 0 Å². The molecule has 0 N–H and O–H groups in total. The van der Waals surface area contributed by atoms with E-state index in [9.17, 15) is 0 Å². The van der Waals surface area contributed by atoms with Gasteiger partial charge in [-0.1, -0.05) is 11.6 Å². The number of thiazole rings is 1. The van der Waals surface area contributed by atoms with Crippen LogP contribution in [0.4, 0.5) is 0 Å². The van der Waals surface area contributed by atoms with Crippen molar-refractivity contribution in [2.75, 3.05) is 13.2 Å². The minimum Gasteiger partial charge on any atom is -0.379 e. The standard InChI is InChI=1S/C16H15ClN2OS/c1-10-9-21-16(18-10)11-2-3-15-13(6-11)14(17)7-19(15)12-4-5-20-8-12/h2-3,6-7,9,12H,4-5,8H2,1H3. The first kappa shape index (κ1) is 13.3. The second-order valence-corrected chi connectivity index (χ2v) is 6.69. The third-order valence-corrected chi connectivity index (χ3v) is 5.26. The van der Waals surface area contributed by atoms with E-state index in [1.54, 1.807) is 11.3 Å². The molecule has 4 rings (SSSR count). The van der Waals surface area contributed by atoms with Gasteiger partial charge in [-0.3, -0.25) is 0 Å². The van der Waals surface area contributed by atoms with E-state index in [0.29, 0.717) is 6.04 Å². The van der Waals surface area contributed by atoms with Gasteiger partial charge in [0.1, 0.15) is 5.01 Å². The molecule has 3 nitrogen and oxygen atoms in total. The topological polar surface area (TPSA) is 27.1 Å². The van der Waals surface area contributed by atoms with Crippen LogP contribution >= 0.6 is 22.9 Å². The van der Waals surface area contributed by atoms with E-state index in [1.165, 1.54) is 5.52 Å². The highest BCUT2D eigenvalue weighted by molar-refractivity contribution is 7.13. The highest BCUT2D eigenvalue weighted by Gasteiger charge is 2.20. The van der Waals surface area contributed by atoms with Gasteiger partial charge in [0, 0.05) is 40.3 Å². The van der Waals surface area contributed by atoms with Crippen LogP contribution in [-0.2, 0) is 4.74 Å². The lowest BCUT2D eigenvalue weighted by atomic mass is 10.1. The van der Waals surface area contributed by atoms with Crippen molar-refractivity contribution in [1.29, 1.82) is 0 Å². The van der Waals surface area contributed by atoms with E-state index in [-0.39, 0.29) is 0 Å². The lowest BCUT2D eigenvalue weighted by Crippen LogP contribution is -2.06. The van der Waals surface area contributed by atoms with Crippen LogP contribution in [0.2, 0.25) is 5.02 Å². The fourth-order valence-electron chi connectivity index (χ4n) is 2.88.